The van der Waals surface area contributed by atoms with E-state index in [1.807, 2.05) is 6.20 Å². The van der Waals surface area contributed by atoms with Gasteiger partial charge in [0.15, 0.2) is 0 Å². The van der Waals surface area contributed by atoms with Gasteiger partial charge in [0.2, 0.25) is 5.89 Å². The van der Waals surface area contributed by atoms with Crippen LogP contribution in [0.4, 0.5) is 0 Å². The molecule has 1 aromatic rings. The highest BCUT2D eigenvalue weighted by Gasteiger charge is 2.66. The van der Waals surface area contributed by atoms with Gasteiger partial charge >= 0.3 is 0 Å². The third-order valence-corrected chi connectivity index (χ3v) is 4.54. The van der Waals surface area contributed by atoms with E-state index in [0.29, 0.717) is 29.3 Å². The Morgan fingerprint density at radius 3 is 2.35 bits per heavy atom. The molecule has 0 aliphatic heterocycles. The van der Waals surface area contributed by atoms with Crippen LogP contribution in [0, 0.1) is 10.8 Å². The molecule has 0 atom stereocenters. The number of rotatable bonds is 4. The van der Waals surface area contributed by atoms with Gasteiger partial charge in [0.25, 0.3) is 0 Å². The molecule has 0 spiro atoms. The molecule has 3 nitrogen and oxygen atoms in total. The number of nitrogens with zero attached hydrogens (tertiary/aromatic N) is 1. The molecular weight excluding hydrogens is 212 g/mol. The first kappa shape index (κ1) is 12.6. The van der Waals surface area contributed by atoms with Crippen LogP contribution in [0.25, 0.3) is 0 Å². The Balaban J connectivity index is 2.05. The number of aromatic nitrogens is 1. The Kier molecular flexibility index (Phi) is 2.85. The molecule has 1 aromatic heterocycles. The van der Waals surface area contributed by atoms with Gasteiger partial charge in [-0.1, -0.05) is 41.5 Å². The maximum absolute atomic E-state index is 5.86. The first-order valence-electron chi connectivity index (χ1n) is 6.45. The molecule has 0 amide bonds. The van der Waals surface area contributed by atoms with Gasteiger partial charge in [-0.05, 0) is 10.8 Å². The number of nitrogens with one attached hydrogen (secondary N) is 1. The normalized spacial score (nSPS) is 22.1. The Morgan fingerprint density at radius 2 is 1.88 bits per heavy atom. The highest BCUT2D eigenvalue weighted by Crippen LogP contribution is 2.73. The summed E-state index contributed by atoms with van der Waals surface area (Å²) in [4.78, 5) is 4.35. The lowest BCUT2D eigenvalue weighted by Crippen LogP contribution is -2.21. The summed E-state index contributed by atoms with van der Waals surface area (Å²) in [6.07, 6.45) is 1.90. The van der Waals surface area contributed by atoms with E-state index in [0.717, 1.165) is 11.7 Å². The number of oxazole rings is 1. The predicted octanol–water partition coefficient (Wildman–Crippen LogP) is 3.32. The number of hydrogen-bond acceptors (Lipinski definition) is 3. The fourth-order valence-corrected chi connectivity index (χ4v) is 2.74. The van der Waals surface area contributed by atoms with Gasteiger partial charge in [0, 0.05) is 12.0 Å². The van der Waals surface area contributed by atoms with Crippen LogP contribution in [0.1, 0.15) is 59.1 Å². The van der Waals surface area contributed by atoms with Crippen molar-refractivity contribution in [2.45, 2.75) is 60.0 Å². The minimum absolute atomic E-state index is 0.315. The van der Waals surface area contributed by atoms with Crippen LogP contribution in [-0.4, -0.2) is 11.0 Å². The Bertz CT molecular complexity index is 390. The fourth-order valence-electron chi connectivity index (χ4n) is 2.74. The zero-order valence-electron chi connectivity index (χ0n) is 11.8. The molecule has 17 heavy (non-hydrogen) atoms. The van der Waals surface area contributed by atoms with E-state index in [9.17, 15) is 0 Å². The van der Waals surface area contributed by atoms with E-state index in [2.05, 4.69) is 51.8 Å². The Hall–Kier alpha value is -0.830. The quantitative estimate of drug-likeness (QED) is 0.871. The third-order valence-electron chi connectivity index (χ3n) is 4.54. The SMILES string of the molecule is CC(C)NCc1ncc(C2C(C)(C)C2(C)C)o1. The first-order valence-corrected chi connectivity index (χ1v) is 6.45. The van der Waals surface area contributed by atoms with Crippen molar-refractivity contribution in [3.05, 3.63) is 17.8 Å². The van der Waals surface area contributed by atoms with Crippen molar-refractivity contribution < 1.29 is 4.42 Å². The van der Waals surface area contributed by atoms with Gasteiger partial charge in [-0.3, -0.25) is 0 Å². The largest absolute Gasteiger partial charge is 0.444 e. The average Bonchev–Trinajstić information content (AvgIpc) is 2.55. The Labute approximate surface area is 104 Å². The van der Waals surface area contributed by atoms with Crippen LogP contribution in [0.3, 0.4) is 0 Å². The van der Waals surface area contributed by atoms with Crippen LogP contribution in [0.5, 0.6) is 0 Å². The van der Waals surface area contributed by atoms with Crippen LogP contribution >= 0.6 is 0 Å². The first-order chi connectivity index (χ1) is 7.76. The molecule has 0 unspecified atom stereocenters. The maximum atomic E-state index is 5.86. The standard InChI is InChI=1S/C14H24N2O/c1-9(2)15-8-11-16-7-10(17-11)12-13(3,4)14(12,5)6/h7,9,12,15H,8H2,1-6H3. The van der Waals surface area contributed by atoms with E-state index in [1.54, 1.807) is 0 Å². The molecule has 1 aliphatic carbocycles. The summed E-state index contributed by atoms with van der Waals surface area (Å²) in [6, 6.07) is 0.458. The maximum Gasteiger partial charge on any atom is 0.208 e. The second kappa shape index (κ2) is 3.84. The van der Waals surface area contributed by atoms with E-state index in [-0.39, 0.29) is 0 Å². The molecule has 2 rings (SSSR count). The summed E-state index contributed by atoms with van der Waals surface area (Å²) >= 11 is 0. The summed E-state index contributed by atoms with van der Waals surface area (Å²) in [6.45, 7) is 14.1. The molecule has 96 valence electrons. The summed E-state index contributed by atoms with van der Waals surface area (Å²) in [5.74, 6) is 2.34. The van der Waals surface area contributed by atoms with Crippen LogP contribution in [-0.2, 0) is 6.54 Å². The minimum Gasteiger partial charge on any atom is -0.444 e. The molecule has 0 radical (unpaired) electrons. The lowest BCUT2D eigenvalue weighted by atomic mass is 10.0. The monoisotopic (exact) mass is 236 g/mol. The molecule has 3 heteroatoms. The van der Waals surface area contributed by atoms with Gasteiger partial charge in [0.05, 0.1) is 12.7 Å². The predicted molar refractivity (Wildman–Crippen MR) is 68.8 cm³/mol. The van der Waals surface area contributed by atoms with Crippen molar-refractivity contribution in [3.63, 3.8) is 0 Å². The second-order valence-electron chi connectivity index (χ2n) is 6.57. The van der Waals surface area contributed by atoms with Crippen molar-refractivity contribution in [3.8, 4) is 0 Å². The van der Waals surface area contributed by atoms with Crippen LogP contribution in [0.15, 0.2) is 10.6 Å². The van der Waals surface area contributed by atoms with E-state index >= 15 is 0 Å². The van der Waals surface area contributed by atoms with Crippen molar-refractivity contribution >= 4 is 0 Å². The van der Waals surface area contributed by atoms with Crippen molar-refractivity contribution in [1.82, 2.24) is 10.3 Å². The van der Waals surface area contributed by atoms with Crippen molar-refractivity contribution in [2.75, 3.05) is 0 Å². The summed E-state index contributed by atoms with van der Waals surface area (Å²) in [5.41, 5.74) is 0.630. The van der Waals surface area contributed by atoms with Gasteiger partial charge in [-0.15, -0.1) is 0 Å². The summed E-state index contributed by atoms with van der Waals surface area (Å²) < 4.78 is 5.86. The molecule has 1 saturated carbocycles. The second-order valence-corrected chi connectivity index (χ2v) is 6.57. The lowest BCUT2D eigenvalue weighted by Gasteiger charge is -2.04. The third kappa shape index (κ3) is 2.01. The van der Waals surface area contributed by atoms with Crippen molar-refractivity contribution in [2.24, 2.45) is 10.8 Å². The highest BCUT2D eigenvalue weighted by molar-refractivity contribution is 5.27. The molecule has 1 N–H and O–H groups in total. The molecule has 0 saturated heterocycles. The molecule has 0 bridgehead atoms. The molecule has 1 aliphatic rings. The van der Waals surface area contributed by atoms with Gasteiger partial charge in [0.1, 0.15) is 5.76 Å². The molecule has 1 fully saturated rings. The topological polar surface area (TPSA) is 38.1 Å². The summed E-state index contributed by atoms with van der Waals surface area (Å²) in [5, 5.41) is 3.32. The van der Waals surface area contributed by atoms with Crippen LogP contribution < -0.4 is 5.32 Å². The zero-order valence-corrected chi connectivity index (χ0v) is 11.8. The Morgan fingerprint density at radius 1 is 1.29 bits per heavy atom. The molecular formula is C14H24N2O. The lowest BCUT2D eigenvalue weighted by molar-refractivity contribution is 0.413. The van der Waals surface area contributed by atoms with Crippen LogP contribution in [0.2, 0.25) is 0 Å². The molecule has 0 aromatic carbocycles. The van der Waals surface area contributed by atoms with Gasteiger partial charge in [-0.25, -0.2) is 4.98 Å². The van der Waals surface area contributed by atoms with E-state index in [4.69, 9.17) is 4.42 Å². The van der Waals surface area contributed by atoms with E-state index in [1.165, 1.54) is 0 Å². The van der Waals surface area contributed by atoms with E-state index < -0.39 is 0 Å². The minimum atomic E-state index is 0.315. The zero-order chi connectivity index (χ0) is 12.8. The van der Waals surface area contributed by atoms with Gasteiger partial charge < -0.3 is 9.73 Å². The molecule has 1 heterocycles. The smallest absolute Gasteiger partial charge is 0.208 e. The highest BCUT2D eigenvalue weighted by atomic mass is 16.4. The average molecular weight is 236 g/mol. The number of hydrogen-bond donors (Lipinski definition) is 1. The van der Waals surface area contributed by atoms with Crippen molar-refractivity contribution in [1.29, 1.82) is 0 Å². The fraction of sp³-hybridized carbons (Fsp3) is 0.786. The van der Waals surface area contributed by atoms with Gasteiger partial charge in [-0.2, -0.15) is 0 Å². The summed E-state index contributed by atoms with van der Waals surface area (Å²) in [7, 11) is 0.